The van der Waals surface area contributed by atoms with Gasteiger partial charge in [0.1, 0.15) is 17.3 Å². The van der Waals surface area contributed by atoms with Crippen LogP contribution in [0.3, 0.4) is 0 Å². The highest BCUT2D eigenvalue weighted by atomic mass is 19.1. The molecule has 0 saturated carbocycles. The molecule has 104 valence electrons. The summed E-state index contributed by atoms with van der Waals surface area (Å²) in [5.74, 6) is -2.86. The maximum atomic E-state index is 13.1. The van der Waals surface area contributed by atoms with Gasteiger partial charge in [0.05, 0.1) is 0 Å². The lowest BCUT2D eigenvalue weighted by Gasteiger charge is -2.07. The van der Waals surface area contributed by atoms with Crippen LogP contribution in [-0.4, -0.2) is 24.9 Å². The van der Waals surface area contributed by atoms with Crippen molar-refractivity contribution in [2.75, 3.05) is 18.8 Å². The van der Waals surface area contributed by atoms with Gasteiger partial charge in [0.2, 0.25) is 5.91 Å². The fourth-order valence-corrected chi connectivity index (χ4v) is 1.39. The summed E-state index contributed by atoms with van der Waals surface area (Å²) in [5, 5.41) is 4.95. The van der Waals surface area contributed by atoms with E-state index in [1.165, 1.54) is 0 Å². The number of nitrogen functional groups attached to an aromatic ring is 1. The number of benzene rings is 1. The second-order valence-electron chi connectivity index (χ2n) is 3.81. The maximum Gasteiger partial charge on any atom is 0.251 e. The van der Waals surface area contributed by atoms with Crippen molar-refractivity contribution in [1.29, 1.82) is 0 Å². The number of nitrogens with two attached hydrogens (primary N) is 1. The van der Waals surface area contributed by atoms with E-state index in [1.807, 2.05) is 0 Å². The highest BCUT2D eigenvalue weighted by molar-refractivity contribution is 5.94. The predicted molar refractivity (Wildman–Crippen MR) is 66.4 cm³/mol. The van der Waals surface area contributed by atoms with Crippen LogP contribution in [0.5, 0.6) is 0 Å². The predicted octanol–water partition coefficient (Wildman–Crippen LogP) is 0.803. The Morgan fingerprint density at radius 2 is 1.79 bits per heavy atom. The molecule has 0 spiro atoms. The molecule has 1 rings (SSSR count). The maximum absolute atomic E-state index is 13.1. The van der Waals surface area contributed by atoms with Gasteiger partial charge in [0.15, 0.2) is 0 Å². The van der Waals surface area contributed by atoms with Crippen LogP contribution in [0.25, 0.3) is 0 Å². The van der Waals surface area contributed by atoms with Crippen molar-refractivity contribution in [2.24, 2.45) is 0 Å². The van der Waals surface area contributed by atoms with Crippen molar-refractivity contribution < 1.29 is 18.4 Å². The third-order valence-electron chi connectivity index (χ3n) is 2.35. The minimum atomic E-state index is -0.992. The summed E-state index contributed by atoms with van der Waals surface area (Å²) < 4.78 is 26.3. The molecule has 0 fully saturated rings. The van der Waals surface area contributed by atoms with E-state index in [0.717, 1.165) is 12.1 Å². The molecule has 0 bridgehead atoms. The Balaban J connectivity index is 2.57. The average Bonchev–Trinajstić information content (AvgIpc) is 2.35. The van der Waals surface area contributed by atoms with E-state index < -0.39 is 23.2 Å². The van der Waals surface area contributed by atoms with Gasteiger partial charge in [-0.25, -0.2) is 8.78 Å². The molecule has 2 amide bonds. The van der Waals surface area contributed by atoms with E-state index in [2.05, 4.69) is 10.6 Å². The number of anilines is 1. The van der Waals surface area contributed by atoms with Crippen molar-refractivity contribution >= 4 is 17.5 Å². The molecule has 7 heteroatoms. The number of halogens is 2. The molecule has 0 heterocycles. The normalized spacial score (nSPS) is 10.1. The van der Waals surface area contributed by atoms with Crippen LogP contribution in [0.4, 0.5) is 14.5 Å². The van der Waals surface area contributed by atoms with Gasteiger partial charge in [-0.15, -0.1) is 0 Å². The first-order valence-electron chi connectivity index (χ1n) is 5.75. The van der Waals surface area contributed by atoms with Crippen LogP contribution in [0.2, 0.25) is 0 Å². The van der Waals surface area contributed by atoms with Gasteiger partial charge in [-0.3, -0.25) is 9.59 Å². The lowest BCUT2D eigenvalue weighted by atomic mass is 10.1. The smallest absolute Gasteiger partial charge is 0.251 e. The summed E-state index contributed by atoms with van der Waals surface area (Å²) in [4.78, 5) is 22.7. The van der Waals surface area contributed by atoms with Gasteiger partial charge in [0, 0.05) is 25.1 Å². The zero-order valence-corrected chi connectivity index (χ0v) is 10.4. The van der Waals surface area contributed by atoms with Gasteiger partial charge in [-0.05, 0) is 19.1 Å². The molecule has 0 saturated heterocycles. The standard InChI is InChI=1S/C12H15F2N3O2/c1-2-16-10(18)3-4-17-12(19)7-5-8(13)11(15)9(14)6-7/h5-6H,2-4,15H2,1H3,(H,16,18)(H,17,19). The zero-order chi connectivity index (χ0) is 14.4. The van der Waals surface area contributed by atoms with Crippen LogP contribution in [0.1, 0.15) is 23.7 Å². The summed E-state index contributed by atoms with van der Waals surface area (Å²) in [6.07, 6.45) is 0.0967. The Hall–Kier alpha value is -2.18. The largest absolute Gasteiger partial charge is 0.394 e. The molecule has 0 unspecified atom stereocenters. The zero-order valence-electron chi connectivity index (χ0n) is 10.4. The van der Waals surface area contributed by atoms with Crippen LogP contribution in [-0.2, 0) is 4.79 Å². The molecule has 0 aliphatic rings. The van der Waals surface area contributed by atoms with E-state index in [4.69, 9.17) is 5.73 Å². The summed E-state index contributed by atoms with van der Waals surface area (Å²) in [6, 6.07) is 1.69. The SMILES string of the molecule is CCNC(=O)CCNC(=O)c1cc(F)c(N)c(F)c1. The van der Waals surface area contributed by atoms with E-state index in [0.29, 0.717) is 6.54 Å². The highest BCUT2D eigenvalue weighted by Crippen LogP contribution is 2.17. The molecule has 1 aromatic rings. The monoisotopic (exact) mass is 271 g/mol. The summed E-state index contributed by atoms with van der Waals surface area (Å²) >= 11 is 0. The average molecular weight is 271 g/mol. The molecule has 0 aliphatic carbocycles. The third kappa shape index (κ3) is 4.20. The van der Waals surface area contributed by atoms with Crippen molar-refractivity contribution in [2.45, 2.75) is 13.3 Å². The number of nitrogens with one attached hydrogen (secondary N) is 2. The molecule has 5 nitrogen and oxygen atoms in total. The molecule has 0 radical (unpaired) electrons. The topological polar surface area (TPSA) is 84.2 Å². The van der Waals surface area contributed by atoms with Crippen molar-refractivity contribution in [3.05, 3.63) is 29.3 Å². The van der Waals surface area contributed by atoms with Crippen LogP contribution in [0.15, 0.2) is 12.1 Å². The molecule has 19 heavy (non-hydrogen) atoms. The first-order valence-corrected chi connectivity index (χ1v) is 5.75. The van der Waals surface area contributed by atoms with Crippen LogP contribution >= 0.6 is 0 Å². The second kappa shape index (κ2) is 6.67. The van der Waals surface area contributed by atoms with Crippen molar-refractivity contribution in [3.63, 3.8) is 0 Å². The summed E-state index contributed by atoms with van der Waals surface area (Å²) in [6.45, 7) is 2.36. The number of rotatable bonds is 5. The van der Waals surface area contributed by atoms with E-state index in [-0.39, 0.29) is 24.4 Å². The summed E-state index contributed by atoms with van der Waals surface area (Å²) in [7, 11) is 0. The Kier molecular flexibility index (Phi) is 5.23. The molecular formula is C12H15F2N3O2. The minimum Gasteiger partial charge on any atom is -0.394 e. The highest BCUT2D eigenvalue weighted by Gasteiger charge is 2.13. The van der Waals surface area contributed by atoms with Crippen LogP contribution < -0.4 is 16.4 Å². The van der Waals surface area contributed by atoms with Crippen molar-refractivity contribution in [1.82, 2.24) is 10.6 Å². The Labute approximate surface area is 109 Å². The van der Waals surface area contributed by atoms with E-state index >= 15 is 0 Å². The number of amides is 2. The molecule has 4 N–H and O–H groups in total. The molecule has 0 aromatic heterocycles. The minimum absolute atomic E-state index is 0.0816. The Morgan fingerprint density at radius 1 is 1.21 bits per heavy atom. The summed E-state index contributed by atoms with van der Waals surface area (Å²) in [5.41, 5.74) is 4.28. The lowest BCUT2D eigenvalue weighted by molar-refractivity contribution is -0.120. The van der Waals surface area contributed by atoms with Gasteiger partial charge >= 0.3 is 0 Å². The lowest BCUT2D eigenvalue weighted by Crippen LogP contribution is -2.30. The van der Waals surface area contributed by atoms with E-state index in [9.17, 15) is 18.4 Å². The van der Waals surface area contributed by atoms with Gasteiger partial charge in [0.25, 0.3) is 5.91 Å². The number of hydrogen-bond acceptors (Lipinski definition) is 3. The Bertz CT molecular complexity index is 469. The van der Waals surface area contributed by atoms with Gasteiger partial charge < -0.3 is 16.4 Å². The van der Waals surface area contributed by atoms with Gasteiger partial charge in [-0.2, -0.15) is 0 Å². The number of carbonyl (C=O) groups is 2. The molecule has 1 aromatic carbocycles. The van der Waals surface area contributed by atoms with Crippen LogP contribution in [0, 0.1) is 11.6 Å². The molecule has 0 atom stereocenters. The van der Waals surface area contributed by atoms with Crippen molar-refractivity contribution in [3.8, 4) is 0 Å². The fraction of sp³-hybridized carbons (Fsp3) is 0.333. The quantitative estimate of drug-likeness (QED) is 0.693. The first kappa shape index (κ1) is 14.9. The van der Waals surface area contributed by atoms with E-state index in [1.54, 1.807) is 6.92 Å². The molecular weight excluding hydrogens is 256 g/mol. The fourth-order valence-electron chi connectivity index (χ4n) is 1.39. The number of hydrogen-bond donors (Lipinski definition) is 3. The second-order valence-corrected chi connectivity index (χ2v) is 3.81. The third-order valence-corrected chi connectivity index (χ3v) is 2.35. The molecule has 0 aliphatic heterocycles. The Morgan fingerprint density at radius 3 is 2.32 bits per heavy atom. The number of carbonyl (C=O) groups excluding carboxylic acids is 2. The first-order chi connectivity index (χ1) is 8.95. The van der Waals surface area contributed by atoms with Gasteiger partial charge in [-0.1, -0.05) is 0 Å².